The molecule has 7 heteroatoms. The fraction of sp³-hybridized carbons (Fsp3) is 0.464. The summed E-state index contributed by atoms with van der Waals surface area (Å²) in [5.74, 6) is -0.0830. The van der Waals surface area contributed by atoms with Crippen LogP contribution in [0.5, 0.6) is 0 Å². The van der Waals surface area contributed by atoms with Crippen molar-refractivity contribution in [3.8, 4) is 11.1 Å². The van der Waals surface area contributed by atoms with Crippen molar-refractivity contribution in [2.24, 2.45) is 39.6 Å². The molecule has 1 unspecified atom stereocenters. The Balaban J connectivity index is 1.52. The summed E-state index contributed by atoms with van der Waals surface area (Å²) >= 11 is 0. The van der Waals surface area contributed by atoms with Crippen LogP contribution < -0.4 is 11.5 Å². The molecule has 2 aromatic rings. The van der Waals surface area contributed by atoms with Gasteiger partial charge in [0.25, 0.3) is 0 Å². The summed E-state index contributed by atoms with van der Waals surface area (Å²) in [7, 11) is 0. The lowest BCUT2D eigenvalue weighted by atomic mass is 9.48. The average Bonchev–Trinajstić information content (AvgIpc) is 3.07. The number of guanidine groups is 1. The van der Waals surface area contributed by atoms with Crippen LogP contribution in [0.3, 0.4) is 0 Å². The van der Waals surface area contributed by atoms with E-state index in [1.165, 1.54) is 18.6 Å². The number of fused-ring (bicyclic) bond motifs is 2. The SMILES string of the molecule is C[C@H]1OC(=O)[C@]2(N=C(N)N)C[C@@H]3CCCCC3[C@](C)(/C=C/c3ccc(-c4cccc(F)c4)cn3)[C@H]12. The Bertz CT molecular complexity index is 1180. The van der Waals surface area contributed by atoms with E-state index in [9.17, 15) is 9.18 Å². The van der Waals surface area contributed by atoms with Gasteiger partial charge in [-0.15, -0.1) is 0 Å². The average molecular weight is 477 g/mol. The Labute approximate surface area is 205 Å². The van der Waals surface area contributed by atoms with Crippen molar-refractivity contribution < 1.29 is 13.9 Å². The second kappa shape index (κ2) is 8.77. The van der Waals surface area contributed by atoms with Crippen molar-refractivity contribution in [3.05, 3.63) is 60.2 Å². The molecule has 3 aliphatic rings. The topological polar surface area (TPSA) is 104 Å². The molecule has 0 radical (unpaired) electrons. The van der Waals surface area contributed by atoms with Gasteiger partial charge in [0.15, 0.2) is 11.5 Å². The van der Waals surface area contributed by atoms with Crippen LogP contribution in [0.25, 0.3) is 17.2 Å². The number of benzene rings is 1. The minimum atomic E-state index is -1.05. The van der Waals surface area contributed by atoms with Crippen LogP contribution in [-0.4, -0.2) is 28.6 Å². The molecule has 184 valence electrons. The van der Waals surface area contributed by atoms with Crippen molar-refractivity contribution >= 4 is 18.0 Å². The Morgan fingerprint density at radius 3 is 2.71 bits per heavy atom. The molecule has 1 aromatic carbocycles. The molecule has 35 heavy (non-hydrogen) atoms. The van der Waals surface area contributed by atoms with Gasteiger partial charge in [-0.3, -0.25) is 4.98 Å². The minimum absolute atomic E-state index is 0.0729. The van der Waals surface area contributed by atoms with Gasteiger partial charge in [-0.2, -0.15) is 0 Å². The molecule has 0 spiro atoms. The normalized spacial score (nSPS) is 34.2. The number of aliphatic imine (C=N–C) groups is 1. The third-order valence-electron chi connectivity index (χ3n) is 8.47. The van der Waals surface area contributed by atoms with E-state index in [-0.39, 0.29) is 35.2 Å². The number of carbonyl (C=O) groups is 1. The van der Waals surface area contributed by atoms with E-state index >= 15 is 0 Å². The van der Waals surface area contributed by atoms with E-state index in [0.29, 0.717) is 18.3 Å². The number of esters is 1. The second-order valence-electron chi connectivity index (χ2n) is 10.6. The van der Waals surface area contributed by atoms with Crippen LogP contribution in [0.1, 0.15) is 51.6 Å². The van der Waals surface area contributed by atoms with Gasteiger partial charge in [-0.25, -0.2) is 14.2 Å². The molecule has 2 aliphatic carbocycles. The molecule has 0 bridgehead atoms. The van der Waals surface area contributed by atoms with Gasteiger partial charge in [0.1, 0.15) is 11.9 Å². The molecule has 2 heterocycles. The molecule has 1 aliphatic heterocycles. The van der Waals surface area contributed by atoms with Gasteiger partial charge < -0.3 is 16.2 Å². The van der Waals surface area contributed by atoms with Crippen LogP contribution in [-0.2, 0) is 9.53 Å². The Morgan fingerprint density at radius 2 is 2.00 bits per heavy atom. The third-order valence-corrected chi connectivity index (χ3v) is 8.47. The molecule has 3 fully saturated rings. The molecular formula is C28H33FN4O2. The predicted molar refractivity (Wildman–Crippen MR) is 134 cm³/mol. The number of rotatable bonds is 4. The maximum atomic E-state index is 13.6. The summed E-state index contributed by atoms with van der Waals surface area (Å²) in [5.41, 5.74) is 12.7. The van der Waals surface area contributed by atoms with Gasteiger partial charge in [0, 0.05) is 17.7 Å². The number of nitrogens with two attached hydrogens (primary N) is 2. The summed E-state index contributed by atoms with van der Waals surface area (Å²) in [4.78, 5) is 22.4. The number of ether oxygens (including phenoxy) is 1. The third kappa shape index (κ3) is 4.01. The van der Waals surface area contributed by atoms with Gasteiger partial charge in [0.05, 0.1) is 5.69 Å². The number of hydrogen-bond donors (Lipinski definition) is 2. The predicted octanol–water partition coefficient (Wildman–Crippen LogP) is 4.69. The first-order valence-corrected chi connectivity index (χ1v) is 12.5. The second-order valence-corrected chi connectivity index (χ2v) is 10.6. The van der Waals surface area contributed by atoms with Gasteiger partial charge in [0.2, 0.25) is 0 Å². The van der Waals surface area contributed by atoms with Crippen LogP contribution >= 0.6 is 0 Å². The highest BCUT2D eigenvalue weighted by Crippen LogP contribution is 2.62. The van der Waals surface area contributed by atoms with E-state index in [1.807, 2.05) is 31.2 Å². The first kappa shape index (κ1) is 23.5. The van der Waals surface area contributed by atoms with Crippen molar-refractivity contribution in [1.29, 1.82) is 0 Å². The number of hydrogen-bond acceptors (Lipinski definition) is 4. The number of cyclic esters (lactones) is 1. The summed E-state index contributed by atoms with van der Waals surface area (Å²) in [5, 5.41) is 0. The minimum Gasteiger partial charge on any atom is -0.460 e. The van der Waals surface area contributed by atoms with Crippen molar-refractivity contribution in [2.45, 2.75) is 57.6 Å². The molecule has 0 amide bonds. The van der Waals surface area contributed by atoms with E-state index in [2.05, 4.69) is 23.0 Å². The van der Waals surface area contributed by atoms with E-state index in [0.717, 1.165) is 36.1 Å². The fourth-order valence-electron chi connectivity index (χ4n) is 7.21. The maximum Gasteiger partial charge on any atom is 0.334 e. The number of nitrogens with zero attached hydrogens (tertiary/aromatic N) is 2. The molecule has 2 saturated carbocycles. The quantitative estimate of drug-likeness (QED) is 0.378. The molecule has 6 atom stereocenters. The number of carbonyl (C=O) groups excluding carboxylic acids is 1. The molecular weight excluding hydrogens is 443 g/mol. The van der Waals surface area contributed by atoms with Gasteiger partial charge in [-0.05, 0) is 66.9 Å². The maximum absolute atomic E-state index is 13.6. The zero-order chi connectivity index (χ0) is 24.8. The zero-order valence-corrected chi connectivity index (χ0v) is 20.3. The van der Waals surface area contributed by atoms with Crippen molar-refractivity contribution in [2.75, 3.05) is 0 Å². The first-order chi connectivity index (χ1) is 16.7. The number of halogens is 1. The fourth-order valence-corrected chi connectivity index (χ4v) is 7.21. The molecule has 4 N–H and O–H groups in total. The zero-order valence-electron chi connectivity index (χ0n) is 20.3. The Kier molecular flexibility index (Phi) is 5.90. The van der Waals surface area contributed by atoms with Gasteiger partial charge >= 0.3 is 5.97 Å². The summed E-state index contributed by atoms with van der Waals surface area (Å²) in [6.45, 7) is 4.18. The van der Waals surface area contributed by atoms with Crippen LogP contribution in [0.15, 0.2) is 53.7 Å². The standard InChI is InChI=1S/C28H33FN4O2/c1-17-24-27(2,13-12-22-11-10-20(16-32-22)18-7-5-8-21(29)14-18)23-9-4-3-6-19(23)15-28(24,25(34)35-17)33-26(30)31/h5,7-8,10-14,16-17,19,23-24H,3-4,6,9,15H2,1-2H3,(H4,30,31,33)/b13-12+/t17-,19+,23?,24+,27+,28+/m1/s1. The highest BCUT2D eigenvalue weighted by atomic mass is 19.1. The van der Waals surface area contributed by atoms with Crippen molar-refractivity contribution in [3.63, 3.8) is 0 Å². The van der Waals surface area contributed by atoms with Crippen LogP contribution in [0.4, 0.5) is 4.39 Å². The number of allylic oxidation sites excluding steroid dienone is 1. The molecule has 1 saturated heterocycles. The lowest BCUT2D eigenvalue weighted by Gasteiger charge is -2.55. The Hall–Kier alpha value is -3.22. The van der Waals surface area contributed by atoms with Crippen LogP contribution in [0, 0.1) is 29.0 Å². The summed E-state index contributed by atoms with van der Waals surface area (Å²) in [6.07, 6.45) is 10.8. The number of pyridine rings is 1. The largest absolute Gasteiger partial charge is 0.460 e. The highest BCUT2D eigenvalue weighted by Gasteiger charge is 2.68. The van der Waals surface area contributed by atoms with Crippen LogP contribution in [0.2, 0.25) is 0 Å². The number of aromatic nitrogens is 1. The van der Waals surface area contributed by atoms with Gasteiger partial charge in [-0.1, -0.05) is 50.5 Å². The van der Waals surface area contributed by atoms with E-state index in [1.54, 1.807) is 12.3 Å². The monoisotopic (exact) mass is 476 g/mol. The lowest BCUT2D eigenvalue weighted by molar-refractivity contribution is -0.146. The molecule has 1 aromatic heterocycles. The lowest BCUT2D eigenvalue weighted by Crippen LogP contribution is -2.59. The molecule has 6 nitrogen and oxygen atoms in total. The molecule has 5 rings (SSSR count). The van der Waals surface area contributed by atoms with E-state index in [4.69, 9.17) is 16.2 Å². The Morgan fingerprint density at radius 1 is 1.20 bits per heavy atom. The van der Waals surface area contributed by atoms with Crippen molar-refractivity contribution in [1.82, 2.24) is 4.98 Å². The van der Waals surface area contributed by atoms with E-state index < -0.39 is 5.54 Å². The summed E-state index contributed by atoms with van der Waals surface area (Å²) in [6, 6.07) is 10.4. The highest BCUT2D eigenvalue weighted by molar-refractivity contribution is 5.89. The smallest absolute Gasteiger partial charge is 0.334 e. The summed E-state index contributed by atoms with van der Waals surface area (Å²) < 4.78 is 19.4. The first-order valence-electron chi connectivity index (χ1n) is 12.5.